The fraction of sp³-hybridized carbons (Fsp3) is 0.0714. The Hall–Kier alpha value is -1.78. The molecule has 1 aromatic heterocycles. The lowest BCUT2D eigenvalue weighted by molar-refractivity contribution is -0.0500. The van der Waals surface area contributed by atoms with Crippen molar-refractivity contribution in [3.63, 3.8) is 0 Å². The Kier molecular flexibility index (Phi) is 4.46. The molecule has 2 aromatic carbocycles. The molecule has 132 valence electrons. The summed E-state index contributed by atoms with van der Waals surface area (Å²) in [6.45, 7) is 0. The van der Waals surface area contributed by atoms with Gasteiger partial charge in [-0.15, -0.1) is 0 Å². The molecule has 3 rings (SSSR count). The molecule has 25 heavy (non-hydrogen) atoms. The van der Waals surface area contributed by atoms with Crippen LogP contribution in [-0.2, 0) is 10.1 Å². The van der Waals surface area contributed by atoms with Crippen LogP contribution in [0.25, 0.3) is 16.6 Å². The third-order valence-corrected chi connectivity index (χ3v) is 4.84. The zero-order valence-corrected chi connectivity index (χ0v) is 15.1. The highest BCUT2D eigenvalue weighted by atomic mass is 79.9. The maximum absolute atomic E-state index is 12.3. The van der Waals surface area contributed by atoms with Crippen molar-refractivity contribution in [2.45, 2.75) is 5.51 Å². The fourth-order valence-electron chi connectivity index (χ4n) is 2.02. The summed E-state index contributed by atoms with van der Waals surface area (Å²) in [6.07, 6.45) is 1.67. The van der Waals surface area contributed by atoms with Gasteiger partial charge in [-0.25, -0.2) is 4.68 Å². The van der Waals surface area contributed by atoms with Gasteiger partial charge in [0.2, 0.25) is 0 Å². The van der Waals surface area contributed by atoms with E-state index in [1.54, 1.807) is 18.3 Å². The molecule has 1 heterocycles. The third-order valence-electron chi connectivity index (χ3n) is 3.12. The van der Waals surface area contributed by atoms with Gasteiger partial charge in [-0.2, -0.15) is 26.7 Å². The number of halogens is 5. The first-order valence-electron chi connectivity index (χ1n) is 6.52. The number of rotatable bonds is 3. The summed E-state index contributed by atoms with van der Waals surface area (Å²) in [4.78, 5) is 0. The van der Waals surface area contributed by atoms with Gasteiger partial charge in [-0.1, -0.05) is 27.5 Å². The molecule has 0 spiro atoms. The maximum Gasteiger partial charge on any atom is 0.534 e. The van der Waals surface area contributed by atoms with Gasteiger partial charge in [-0.05, 0) is 36.4 Å². The fourth-order valence-corrected chi connectivity index (χ4v) is 3.35. The molecule has 0 atom stereocenters. The molecule has 5 nitrogen and oxygen atoms in total. The van der Waals surface area contributed by atoms with Gasteiger partial charge in [0, 0.05) is 16.1 Å². The van der Waals surface area contributed by atoms with Gasteiger partial charge in [0.25, 0.3) is 0 Å². The summed E-state index contributed by atoms with van der Waals surface area (Å²) in [5.74, 6) is -0.460. The number of hydrogen-bond donors (Lipinski definition) is 0. The van der Waals surface area contributed by atoms with Gasteiger partial charge in [0.05, 0.1) is 10.7 Å². The first kappa shape index (κ1) is 18.0. The quantitative estimate of drug-likeness (QED) is 0.425. The van der Waals surface area contributed by atoms with Crippen molar-refractivity contribution >= 4 is 48.6 Å². The lowest BCUT2D eigenvalue weighted by Crippen LogP contribution is -2.28. The lowest BCUT2D eigenvalue weighted by atomic mass is 10.2. The van der Waals surface area contributed by atoms with Gasteiger partial charge >= 0.3 is 15.6 Å². The van der Waals surface area contributed by atoms with E-state index in [1.807, 2.05) is 0 Å². The largest absolute Gasteiger partial charge is 0.534 e. The molecule has 0 unspecified atom stereocenters. The molecule has 0 aliphatic heterocycles. The Morgan fingerprint density at radius 1 is 1.16 bits per heavy atom. The molecular weight excluding hydrogens is 449 g/mol. The van der Waals surface area contributed by atoms with Crippen LogP contribution in [0.1, 0.15) is 0 Å². The Morgan fingerprint density at radius 2 is 1.80 bits per heavy atom. The van der Waals surface area contributed by atoms with E-state index in [0.29, 0.717) is 16.2 Å². The second kappa shape index (κ2) is 6.19. The predicted octanol–water partition coefficient (Wildman–Crippen LogP) is 4.67. The van der Waals surface area contributed by atoms with Crippen molar-refractivity contribution in [2.75, 3.05) is 0 Å². The van der Waals surface area contributed by atoms with Crippen LogP contribution in [0, 0.1) is 0 Å². The minimum Gasteiger partial charge on any atom is -0.376 e. The van der Waals surface area contributed by atoms with Crippen LogP contribution >= 0.6 is 27.5 Å². The number of aromatic nitrogens is 2. The number of nitrogens with zero attached hydrogens (tertiary/aromatic N) is 2. The lowest BCUT2D eigenvalue weighted by Gasteiger charge is -2.09. The van der Waals surface area contributed by atoms with E-state index in [2.05, 4.69) is 25.2 Å². The number of alkyl halides is 3. The first-order chi connectivity index (χ1) is 11.6. The van der Waals surface area contributed by atoms with Gasteiger partial charge in [0.15, 0.2) is 0 Å². The molecule has 0 aliphatic carbocycles. The van der Waals surface area contributed by atoms with Crippen molar-refractivity contribution in [3.8, 4) is 11.4 Å². The highest BCUT2D eigenvalue weighted by molar-refractivity contribution is 9.10. The monoisotopic (exact) mass is 454 g/mol. The summed E-state index contributed by atoms with van der Waals surface area (Å²) >= 11 is 9.42. The van der Waals surface area contributed by atoms with Gasteiger partial charge < -0.3 is 4.18 Å². The Balaban J connectivity index is 1.92. The normalized spacial score (nSPS) is 12.5. The zero-order chi connectivity index (χ0) is 18.4. The third kappa shape index (κ3) is 3.60. The second-order valence-corrected chi connectivity index (χ2v) is 7.74. The van der Waals surface area contributed by atoms with Gasteiger partial charge in [-0.3, -0.25) is 0 Å². The number of benzene rings is 2. The Labute approximate surface area is 153 Å². The summed E-state index contributed by atoms with van der Waals surface area (Å²) in [5.41, 5.74) is -4.46. The molecule has 0 bridgehead atoms. The van der Waals surface area contributed by atoms with E-state index in [-0.39, 0.29) is 0 Å². The van der Waals surface area contributed by atoms with Gasteiger partial charge in [0.1, 0.15) is 11.3 Å². The van der Waals surface area contributed by atoms with E-state index in [1.165, 1.54) is 16.8 Å². The molecule has 0 amide bonds. The molecule has 0 saturated carbocycles. The molecular formula is C14H7BrClF3N2O3S. The second-order valence-electron chi connectivity index (χ2n) is 4.88. The van der Waals surface area contributed by atoms with Crippen molar-refractivity contribution in [3.05, 3.63) is 52.1 Å². The van der Waals surface area contributed by atoms with E-state index in [9.17, 15) is 21.6 Å². The van der Waals surface area contributed by atoms with Crippen LogP contribution < -0.4 is 4.18 Å². The molecule has 0 fully saturated rings. The predicted molar refractivity (Wildman–Crippen MR) is 89.4 cm³/mol. The topological polar surface area (TPSA) is 61.2 Å². The van der Waals surface area contributed by atoms with E-state index < -0.39 is 21.4 Å². The average Bonchev–Trinajstić information content (AvgIpc) is 2.90. The standard InChI is InChI=1S/C14H7BrClF3N2O3S/c15-9-5-8-7-21(20-13(8)12(16)6-9)10-1-3-11(4-2-10)24-25(22,23)14(17,18)19/h1-7H. The molecule has 3 aromatic rings. The van der Waals surface area contributed by atoms with Crippen molar-refractivity contribution in [2.24, 2.45) is 0 Å². The summed E-state index contributed by atoms with van der Waals surface area (Å²) in [5, 5.41) is 5.47. The number of hydrogen-bond acceptors (Lipinski definition) is 4. The smallest absolute Gasteiger partial charge is 0.376 e. The molecule has 0 N–H and O–H groups in total. The average molecular weight is 456 g/mol. The minimum absolute atomic E-state index is 0.430. The molecule has 0 saturated heterocycles. The van der Waals surface area contributed by atoms with E-state index in [0.717, 1.165) is 22.0 Å². The van der Waals surface area contributed by atoms with Crippen molar-refractivity contribution < 1.29 is 25.8 Å². The Bertz CT molecular complexity index is 1050. The highest BCUT2D eigenvalue weighted by Crippen LogP contribution is 2.29. The number of fused-ring (bicyclic) bond motifs is 1. The SMILES string of the molecule is O=S(=O)(Oc1ccc(-n2cc3cc(Br)cc(Cl)c3n2)cc1)C(F)(F)F. The molecule has 0 aliphatic rings. The summed E-state index contributed by atoms with van der Waals surface area (Å²) in [6, 6.07) is 8.43. The summed E-state index contributed by atoms with van der Waals surface area (Å²) < 4.78 is 65.2. The summed E-state index contributed by atoms with van der Waals surface area (Å²) in [7, 11) is -5.70. The minimum atomic E-state index is -5.70. The highest BCUT2D eigenvalue weighted by Gasteiger charge is 2.48. The molecule has 11 heteroatoms. The zero-order valence-electron chi connectivity index (χ0n) is 12.0. The van der Waals surface area contributed by atoms with Crippen LogP contribution in [0.4, 0.5) is 13.2 Å². The van der Waals surface area contributed by atoms with E-state index >= 15 is 0 Å². The first-order valence-corrected chi connectivity index (χ1v) is 9.10. The van der Waals surface area contributed by atoms with Crippen LogP contribution in [0.15, 0.2) is 47.1 Å². The van der Waals surface area contributed by atoms with Crippen molar-refractivity contribution in [1.82, 2.24) is 9.78 Å². The Morgan fingerprint density at radius 3 is 2.40 bits per heavy atom. The van der Waals surface area contributed by atoms with Crippen LogP contribution in [0.5, 0.6) is 5.75 Å². The van der Waals surface area contributed by atoms with Crippen LogP contribution in [0.3, 0.4) is 0 Å². The molecule has 0 radical (unpaired) electrons. The van der Waals surface area contributed by atoms with Crippen LogP contribution in [-0.4, -0.2) is 23.7 Å². The maximum atomic E-state index is 12.3. The van der Waals surface area contributed by atoms with Crippen LogP contribution in [0.2, 0.25) is 5.02 Å². The van der Waals surface area contributed by atoms with Crippen molar-refractivity contribution in [1.29, 1.82) is 0 Å². The van der Waals surface area contributed by atoms with E-state index in [4.69, 9.17) is 11.6 Å².